The minimum atomic E-state index is -0.870. The van der Waals surface area contributed by atoms with E-state index in [1.54, 1.807) is 37.5 Å². The summed E-state index contributed by atoms with van der Waals surface area (Å²) in [7, 11) is 1.66. The van der Waals surface area contributed by atoms with Crippen molar-refractivity contribution in [1.82, 2.24) is 5.32 Å². The molecule has 3 atom stereocenters. The molecule has 0 bridgehead atoms. The van der Waals surface area contributed by atoms with Gasteiger partial charge in [-0.1, -0.05) is 56.1 Å². The van der Waals surface area contributed by atoms with Gasteiger partial charge in [-0.2, -0.15) is 0 Å². The maximum atomic E-state index is 15.2. The van der Waals surface area contributed by atoms with Crippen LogP contribution in [0.5, 0.6) is 0 Å². The Balaban J connectivity index is 2.26. The maximum Gasteiger partial charge on any atom is 0.129 e. The summed E-state index contributed by atoms with van der Waals surface area (Å²) in [4.78, 5) is 4.32. The molecule has 0 unspecified atom stereocenters. The third-order valence-corrected chi connectivity index (χ3v) is 6.06. The Bertz CT molecular complexity index is 924. The molecule has 156 valence electrons. The van der Waals surface area contributed by atoms with Gasteiger partial charge in [0.2, 0.25) is 0 Å². The first-order valence-electron chi connectivity index (χ1n) is 9.65. The van der Waals surface area contributed by atoms with Crippen molar-refractivity contribution in [2.24, 2.45) is 16.3 Å². The third-order valence-electron chi connectivity index (χ3n) is 5.59. The Morgan fingerprint density at radius 3 is 2.28 bits per heavy atom. The number of hydrogen-bond acceptors (Lipinski definition) is 2. The number of nitrogens with zero attached hydrogens (tertiary/aromatic N) is 1. The first kappa shape index (κ1) is 22.2. The zero-order valence-corrected chi connectivity index (χ0v) is 18.6. The second kappa shape index (κ2) is 8.33. The second-order valence-electron chi connectivity index (χ2n) is 8.91. The van der Waals surface area contributed by atoms with Crippen molar-refractivity contribution in [1.29, 1.82) is 0 Å². The molecule has 3 rings (SSSR count). The van der Waals surface area contributed by atoms with Crippen molar-refractivity contribution in [2.75, 3.05) is 13.6 Å². The van der Waals surface area contributed by atoms with Crippen molar-refractivity contribution in [3.8, 4) is 0 Å². The van der Waals surface area contributed by atoms with E-state index in [2.05, 4.69) is 31.1 Å². The summed E-state index contributed by atoms with van der Waals surface area (Å²) >= 11 is 12.0. The Morgan fingerprint density at radius 1 is 1.10 bits per heavy atom. The molecule has 29 heavy (non-hydrogen) atoms. The molecule has 0 aliphatic carbocycles. The number of hydrogen-bond donors (Lipinski definition) is 1. The van der Waals surface area contributed by atoms with Crippen LogP contribution in [-0.2, 0) is 5.41 Å². The Kier molecular flexibility index (Phi) is 6.38. The van der Waals surface area contributed by atoms with E-state index in [9.17, 15) is 4.39 Å². The highest BCUT2D eigenvalue weighted by Gasteiger charge is 2.53. The summed E-state index contributed by atoms with van der Waals surface area (Å²) in [5, 5.41) is 4.09. The molecule has 6 heteroatoms. The third kappa shape index (κ3) is 4.35. The first-order chi connectivity index (χ1) is 13.6. The van der Waals surface area contributed by atoms with Crippen LogP contribution in [0.2, 0.25) is 10.0 Å². The van der Waals surface area contributed by atoms with Crippen molar-refractivity contribution in [2.45, 2.75) is 38.6 Å². The van der Waals surface area contributed by atoms with E-state index in [1.165, 1.54) is 12.1 Å². The summed E-state index contributed by atoms with van der Waals surface area (Å²) in [5.74, 6) is -0.837. The van der Waals surface area contributed by atoms with Crippen molar-refractivity contribution in [3.63, 3.8) is 0 Å². The number of benzene rings is 2. The SMILES string of the molecule is CN=C[C@]1(c2ccc(Cl)cc2F)[C@H](CC(C)(C)C)CN[C@@H]1c1ccc(Cl)cc1F. The quantitative estimate of drug-likeness (QED) is 0.533. The summed E-state index contributed by atoms with van der Waals surface area (Å²) in [6.07, 6.45) is 2.58. The standard InChI is InChI=1S/C23H26Cl2F2N2/c1-22(2,3)11-14-12-29-21(17-7-5-15(24)9-19(17)26)23(14,13-28-4)18-8-6-16(25)10-20(18)27/h5-10,13-14,21,29H,11-12H2,1-4H3/t14-,21-,23-/m1/s1. The lowest BCUT2D eigenvalue weighted by atomic mass is 9.63. The van der Waals surface area contributed by atoms with E-state index in [1.807, 2.05) is 0 Å². The highest BCUT2D eigenvalue weighted by Crippen LogP contribution is 2.51. The zero-order chi connectivity index (χ0) is 21.4. The van der Waals surface area contributed by atoms with Crippen LogP contribution in [0.4, 0.5) is 8.78 Å². The molecule has 1 aliphatic heterocycles. The fourth-order valence-electron chi connectivity index (χ4n) is 4.60. The minimum absolute atomic E-state index is 0.00181. The zero-order valence-electron chi connectivity index (χ0n) is 17.1. The van der Waals surface area contributed by atoms with Crippen LogP contribution in [0.15, 0.2) is 41.4 Å². The van der Waals surface area contributed by atoms with Gasteiger partial charge in [0.1, 0.15) is 11.6 Å². The molecule has 1 fully saturated rings. The molecule has 1 aliphatic rings. The molecule has 0 spiro atoms. The van der Waals surface area contributed by atoms with Crippen LogP contribution >= 0.6 is 23.2 Å². The van der Waals surface area contributed by atoms with Gasteiger partial charge in [0.05, 0.1) is 11.5 Å². The fraction of sp³-hybridized carbons (Fsp3) is 0.435. The highest BCUT2D eigenvalue weighted by atomic mass is 35.5. The molecule has 2 aromatic rings. The molecule has 0 radical (unpaired) electrons. The molecule has 0 amide bonds. The molecule has 0 aromatic heterocycles. The summed E-state index contributed by atoms with van der Waals surface area (Å²) in [5.41, 5.74) is 0.0344. The highest BCUT2D eigenvalue weighted by molar-refractivity contribution is 6.30. The minimum Gasteiger partial charge on any atom is -0.308 e. The molecular formula is C23H26Cl2F2N2. The van der Waals surface area contributed by atoms with Crippen LogP contribution in [-0.4, -0.2) is 19.8 Å². The predicted molar refractivity (Wildman–Crippen MR) is 117 cm³/mol. The molecule has 1 N–H and O–H groups in total. The average molecular weight is 439 g/mol. The number of halogens is 4. The predicted octanol–water partition coefficient (Wildman–Crippen LogP) is 6.61. The Labute approximate surface area is 181 Å². The van der Waals surface area contributed by atoms with E-state index in [4.69, 9.17) is 23.2 Å². The van der Waals surface area contributed by atoms with Gasteiger partial charge in [0, 0.05) is 34.4 Å². The van der Waals surface area contributed by atoms with Crippen molar-refractivity contribution in [3.05, 3.63) is 69.2 Å². The van der Waals surface area contributed by atoms with E-state index in [0.717, 1.165) is 6.42 Å². The monoisotopic (exact) mass is 438 g/mol. The summed E-state index contributed by atoms with van der Waals surface area (Å²) < 4.78 is 30.2. The lowest BCUT2D eigenvalue weighted by molar-refractivity contribution is 0.256. The molecule has 1 saturated heterocycles. The topological polar surface area (TPSA) is 24.4 Å². The van der Waals surface area contributed by atoms with Crippen LogP contribution in [0.25, 0.3) is 0 Å². The molecule has 2 nitrogen and oxygen atoms in total. The van der Waals surface area contributed by atoms with E-state index in [0.29, 0.717) is 27.7 Å². The van der Waals surface area contributed by atoms with Crippen LogP contribution in [0, 0.1) is 23.0 Å². The van der Waals surface area contributed by atoms with Crippen LogP contribution in [0.3, 0.4) is 0 Å². The van der Waals surface area contributed by atoms with E-state index >= 15 is 4.39 Å². The Morgan fingerprint density at radius 2 is 1.72 bits per heavy atom. The van der Waals surface area contributed by atoms with Crippen molar-refractivity contribution >= 4 is 29.4 Å². The van der Waals surface area contributed by atoms with Gasteiger partial charge in [-0.05, 0) is 48.6 Å². The van der Waals surface area contributed by atoms with Gasteiger partial charge in [0.25, 0.3) is 0 Å². The fourth-order valence-corrected chi connectivity index (χ4v) is 4.91. The van der Waals surface area contributed by atoms with Gasteiger partial charge >= 0.3 is 0 Å². The van der Waals surface area contributed by atoms with Crippen LogP contribution < -0.4 is 5.32 Å². The molecular weight excluding hydrogens is 413 g/mol. The number of aliphatic imine (C=N–C) groups is 1. The molecule has 2 aromatic carbocycles. The average Bonchev–Trinajstić information content (AvgIpc) is 2.92. The number of nitrogens with one attached hydrogen (secondary N) is 1. The van der Waals surface area contributed by atoms with E-state index in [-0.39, 0.29) is 11.3 Å². The first-order valence-corrected chi connectivity index (χ1v) is 10.4. The molecule has 1 heterocycles. The van der Waals surface area contributed by atoms with Crippen molar-refractivity contribution < 1.29 is 8.78 Å². The maximum absolute atomic E-state index is 15.2. The normalized spacial score (nSPS) is 25.1. The van der Waals surface area contributed by atoms with Gasteiger partial charge in [-0.15, -0.1) is 0 Å². The van der Waals surface area contributed by atoms with Gasteiger partial charge in [0.15, 0.2) is 0 Å². The van der Waals surface area contributed by atoms with Gasteiger partial charge < -0.3 is 5.32 Å². The van der Waals surface area contributed by atoms with Gasteiger partial charge in [-0.25, -0.2) is 8.78 Å². The van der Waals surface area contributed by atoms with Crippen LogP contribution in [0.1, 0.15) is 44.4 Å². The lowest BCUT2D eigenvalue weighted by Crippen LogP contribution is -2.42. The molecule has 0 saturated carbocycles. The number of rotatable bonds is 4. The summed E-state index contributed by atoms with van der Waals surface area (Å²) in [6, 6.07) is 8.80. The Hall–Kier alpha value is -1.49. The van der Waals surface area contributed by atoms with E-state index < -0.39 is 23.1 Å². The second-order valence-corrected chi connectivity index (χ2v) is 9.79. The smallest absolute Gasteiger partial charge is 0.129 e. The largest absolute Gasteiger partial charge is 0.308 e. The lowest BCUT2D eigenvalue weighted by Gasteiger charge is -2.40. The summed E-state index contributed by atoms with van der Waals surface area (Å²) in [6.45, 7) is 7.05. The van der Waals surface area contributed by atoms with Gasteiger partial charge in [-0.3, -0.25) is 4.99 Å².